The number of nitrogens with zero attached hydrogens (tertiary/aromatic N) is 3. The average molecular weight is 472 g/mol. The van der Waals surface area contributed by atoms with Gasteiger partial charge in [-0.1, -0.05) is 41.6 Å². The highest BCUT2D eigenvalue weighted by Gasteiger charge is 2.52. The summed E-state index contributed by atoms with van der Waals surface area (Å²) in [5, 5.41) is 3.94. The van der Waals surface area contributed by atoms with Gasteiger partial charge in [-0.25, -0.2) is 9.79 Å². The number of hydrogen-bond donors (Lipinski definition) is 1. The zero-order valence-corrected chi connectivity index (χ0v) is 18.3. The van der Waals surface area contributed by atoms with Gasteiger partial charge in [0.25, 0.3) is 5.91 Å². The summed E-state index contributed by atoms with van der Waals surface area (Å²) in [6, 6.07) is 12.1. The molecule has 11 heteroatoms. The van der Waals surface area contributed by atoms with Crippen LogP contribution in [0, 0.1) is 13.8 Å². The third-order valence-electron chi connectivity index (χ3n) is 5.55. The average Bonchev–Trinajstić information content (AvgIpc) is 3.24. The van der Waals surface area contributed by atoms with E-state index in [9.17, 15) is 22.8 Å². The van der Waals surface area contributed by atoms with Crippen LogP contribution in [0.25, 0.3) is 11.1 Å². The molecule has 0 bridgehead atoms. The number of para-hydroxylation sites is 1. The molecule has 1 atom stereocenters. The van der Waals surface area contributed by atoms with Crippen molar-refractivity contribution in [2.75, 3.05) is 7.05 Å². The normalized spacial score (nSPS) is 18.2. The van der Waals surface area contributed by atoms with E-state index in [0.717, 1.165) is 11.0 Å². The minimum Gasteiger partial charge on any atom is -0.419 e. The number of amides is 1. The quantitative estimate of drug-likeness (QED) is 0.460. The predicted octanol–water partition coefficient (Wildman–Crippen LogP) is 3.46. The van der Waals surface area contributed by atoms with Crippen molar-refractivity contribution < 1.29 is 32.0 Å². The number of aromatic nitrogens is 1. The van der Waals surface area contributed by atoms with Crippen LogP contribution in [0.5, 0.6) is 5.75 Å². The number of benzene rings is 2. The van der Waals surface area contributed by atoms with Crippen molar-refractivity contribution in [2.45, 2.75) is 25.6 Å². The van der Waals surface area contributed by atoms with Crippen molar-refractivity contribution in [2.24, 2.45) is 10.7 Å². The highest BCUT2D eigenvalue weighted by molar-refractivity contribution is 6.09. The second-order valence-corrected chi connectivity index (χ2v) is 7.71. The van der Waals surface area contributed by atoms with E-state index in [2.05, 4.69) is 14.9 Å². The van der Waals surface area contributed by atoms with Crippen LogP contribution in [0.2, 0.25) is 0 Å². The Balaban J connectivity index is 1.96. The first kappa shape index (κ1) is 23.0. The van der Waals surface area contributed by atoms with Gasteiger partial charge >= 0.3 is 12.1 Å². The molecule has 1 amide bonds. The van der Waals surface area contributed by atoms with Crippen molar-refractivity contribution in [3.05, 3.63) is 71.1 Å². The molecule has 1 aliphatic rings. The van der Waals surface area contributed by atoms with Gasteiger partial charge in [0, 0.05) is 18.2 Å². The van der Waals surface area contributed by atoms with Gasteiger partial charge in [-0.2, -0.15) is 13.2 Å². The molecule has 8 nitrogen and oxygen atoms in total. The molecule has 2 N–H and O–H groups in total. The number of carbonyl (C=O) groups excluding carboxylic acids is 2. The Bertz CT molecular complexity index is 1310. The van der Waals surface area contributed by atoms with Gasteiger partial charge in [0.1, 0.15) is 11.5 Å². The lowest BCUT2D eigenvalue weighted by atomic mass is 9.81. The molecule has 34 heavy (non-hydrogen) atoms. The van der Waals surface area contributed by atoms with Gasteiger partial charge in [-0.05, 0) is 37.1 Å². The van der Waals surface area contributed by atoms with Crippen molar-refractivity contribution in [3.8, 4) is 16.9 Å². The monoisotopic (exact) mass is 472 g/mol. The Kier molecular flexibility index (Phi) is 5.42. The van der Waals surface area contributed by atoms with Crippen LogP contribution < -0.4 is 10.5 Å². The second-order valence-electron chi connectivity index (χ2n) is 7.71. The number of guanidine groups is 1. The zero-order valence-electron chi connectivity index (χ0n) is 18.3. The number of aryl methyl sites for hydroxylation is 2. The molecule has 1 aromatic heterocycles. The van der Waals surface area contributed by atoms with E-state index in [-0.39, 0.29) is 11.5 Å². The lowest BCUT2D eigenvalue weighted by Gasteiger charge is -2.28. The molecule has 4 rings (SSSR count). The maximum absolute atomic E-state index is 13.5. The minimum atomic E-state index is -5.23. The first-order valence-corrected chi connectivity index (χ1v) is 10.0. The summed E-state index contributed by atoms with van der Waals surface area (Å²) in [6.07, 6.45) is -5.23. The molecule has 2 heterocycles. The molecule has 176 valence electrons. The van der Waals surface area contributed by atoms with E-state index in [1.807, 2.05) is 0 Å². The molecule has 0 aliphatic carbocycles. The third kappa shape index (κ3) is 3.58. The topological polar surface area (TPSA) is 111 Å². The van der Waals surface area contributed by atoms with Gasteiger partial charge in [-0.3, -0.25) is 9.69 Å². The summed E-state index contributed by atoms with van der Waals surface area (Å²) in [5.74, 6) is -3.12. The van der Waals surface area contributed by atoms with Crippen LogP contribution in [0.3, 0.4) is 0 Å². The second kappa shape index (κ2) is 8.01. The van der Waals surface area contributed by atoms with Gasteiger partial charge in [-0.15, -0.1) is 0 Å². The van der Waals surface area contributed by atoms with E-state index >= 15 is 0 Å². The molecular weight excluding hydrogens is 453 g/mol. The molecule has 0 saturated carbocycles. The summed E-state index contributed by atoms with van der Waals surface area (Å²) < 4.78 is 48.7. The van der Waals surface area contributed by atoms with Crippen LogP contribution in [0.15, 0.2) is 58.0 Å². The predicted molar refractivity (Wildman–Crippen MR) is 115 cm³/mol. The Hall–Kier alpha value is -4.15. The number of rotatable bonds is 4. The number of nitrogens with two attached hydrogens (primary N) is 1. The number of carbonyl (C=O) groups is 2. The SMILES string of the molecule is Cc1noc(C)c1-c1cccc(C2(c3ccccc3OC(=O)C(F)(F)F)N=C(N)N(C)C2=O)c1. The van der Waals surface area contributed by atoms with Crippen molar-refractivity contribution in [1.82, 2.24) is 10.1 Å². The van der Waals surface area contributed by atoms with E-state index < -0.39 is 29.3 Å². The minimum absolute atomic E-state index is 0.0687. The number of halogens is 3. The summed E-state index contributed by atoms with van der Waals surface area (Å²) in [6.45, 7) is 3.49. The first-order chi connectivity index (χ1) is 16.0. The van der Waals surface area contributed by atoms with Crippen molar-refractivity contribution >= 4 is 17.8 Å². The first-order valence-electron chi connectivity index (χ1n) is 10.0. The largest absolute Gasteiger partial charge is 0.491 e. The van der Waals surface area contributed by atoms with E-state index in [1.165, 1.54) is 25.2 Å². The molecule has 1 aliphatic heterocycles. The van der Waals surface area contributed by atoms with Gasteiger partial charge in [0.05, 0.1) is 5.69 Å². The molecule has 0 spiro atoms. The smallest absolute Gasteiger partial charge is 0.419 e. The summed E-state index contributed by atoms with van der Waals surface area (Å²) in [5.41, 5.74) is 6.26. The highest BCUT2D eigenvalue weighted by Crippen LogP contribution is 2.44. The maximum atomic E-state index is 13.5. The van der Waals surface area contributed by atoms with E-state index in [4.69, 9.17) is 10.3 Å². The van der Waals surface area contributed by atoms with Crippen molar-refractivity contribution in [1.29, 1.82) is 0 Å². The Labute approximate surface area is 191 Å². The zero-order chi connectivity index (χ0) is 24.8. The molecule has 0 fully saturated rings. The molecule has 1 unspecified atom stereocenters. The van der Waals surface area contributed by atoms with Crippen LogP contribution in [0.4, 0.5) is 13.2 Å². The fraction of sp³-hybridized carbons (Fsp3) is 0.217. The fourth-order valence-corrected chi connectivity index (χ4v) is 3.97. The van der Waals surface area contributed by atoms with E-state index in [0.29, 0.717) is 28.1 Å². The highest BCUT2D eigenvalue weighted by atomic mass is 19.4. The molecule has 2 aromatic carbocycles. The number of hydrogen-bond acceptors (Lipinski definition) is 7. The van der Waals surface area contributed by atoms with Gasteiger partial charge < -0.3 is 15.0 Å². The van der Waals surface area contributed by atoms with Crippen molar-refractivity contribution in [3.63, 3.8) is 0 Å². The molecule has 3 aromatic rings. The number of esters is 1. The number of aliphatic imine (C=N–C) groups is 1. The maximum Gasteiger partial charge on any atom is 0.491 e. The Morgan fingerprint density at radius 1 is 1.15 bits per heavy atom. The van der Waals surface area contributed by atoms with E-state index in [1.54, 1.807) is 38.1 Å². The molecule has 0 radical (unpaired) electrons. The Morgan fingerprint density at radius 2 is 1.85 bits per heavy atom. The summed E-state index contributed by atoms with van der Waals surface area (Å²) in [4.78, 5) is 30.6. The number of ether oxygens (including phenoxy) is 1. The summed E-state index contributed by atoms with van der Waals surface area (Å²) in [7, 11) is 1.39. The lowest BCUT2D eigenvalue weighted by Crippen LogP contribution is -2.41. The summed E-state index contributed by atoms with van der Waals surface area (Å²) >= 11 is 0. The van der Waals surface area contributed by atoms with Crippen LogP contribution in [-0.2, 0) is 15.1 Å². The molecule has 0 saturated heterocycles. The standard InChI is InChI=1S/C23H19F3N4O4/c1-12-18(13(2)34-29-12)14-7-6-8-15(11-14)22(19(31)30(3)21(27)28-22)16-9-4-5-10-17(16)33-20(32)23(24,25)26/h4-11H,1-3H3,(H2,27,28). The lowest BCUT2D eigenvalue weighted by molar-refractivity contribution is -0.189. The fourth-order valence-electron chi connectivity index (χ4n) is 3.97. The Morgan fingerprint density at radius 3 is 2.44 bits per heavy atom. The molecular formula is C23H19F3N4O4. The third-order valence-corrected chi connectivity index (χ3v) is 5.55. The number of likely N-dealkylation sites (N-methyl/N-ethyl adjacent to an activating group) is 1. The van der Waals surface area contributed by atoms with Gasteiger partial charge in [0.2, 0.25) is 0 Å². The van der Waals surface area contributed by atoms with Gasteiger partial charge in [0.15, 0.2) is 11.5 Å². The van der Waals surface area contributed by atoms with Crippen LogP contribution in [-0.4, -0.2) is 41.1 Å². The number of alkyl halides is 3. The van der Waals surface area contributed by atoms with Crippen LogP contribution in [0.1, 0.15) is 22.6 Å². The van der Waals surface area contributed by atoms with Crippen LogP contribution >= 0.6 is 0 Å².